The second-order valence-corrected chi connectivity index (χ2v) is 7.21. The van der Waals surface area contributed by atoms with Gasteiger partial charge in [-0.25, -0.2) is 0 Å². The number of hydrogen-bond donors (Lipinski definition) is 1. The first kappa shape index (κ1) is 17.4. The number of rotatable bonds is 6. The van der Waals surface area contributed by atoms with E-state index in [0.717, 1.165) is 44.9 Å². The molecule has 1 N–H and O–H groups in total. The normalized spacial score (nSPS) is 20.2. The first-order chi connectivity index (χ1) is 11.8. The molecule has 3 rings (SSSR count). The molecule has 2 heterocycles. The Morgan fingerprint density at radius 3 is 2.46 bits per heavy atom. The first-order valence-electron chi connectivity index (χ1n) is 9.56. The van der Waals surface area contributed by atoms with Gasteiger partial charge in [-0.15, -0.1) is 0 Å². The van der Waals surface area contributed by atoms with E-state index in [4.69, 9.17) is 0 Å². The van der Waals surface area contributed by atoms with Gasteiger partial charge < -0.3 is 10.2 Å². The Labute approximate surface area is 146 Å². The molecular formula is C20H31N3O. The summed E-state index contributed by atoms with van der Waals surface area (Å²) in [7, 11) is 0. The van der Waals surface area contributed by atoms with Crippen LogP contribution in [0.15, 0.2) is 30.3 Å². The monoisotopic (exact) mass is 329 g/mol. The highest BCUT2D eigenvalue weighted by Gasteiger charge is 2.23. The van der Waals surface area contributed by atoms with Crippen LogP contribution in [0.2, 0.25) is 0 Å². The van der Waals surface area contributed by atoms with E-state index in [9.17, 15) is 4.79 Å². The zero-order valence-corrected chi connectivity index (χ0v) is 14.8. The molecule has 2 fully saturated rings. The first-order valence-corrected chi connectivity index (χ1v) is 9.56. The van der Waals surface area contributed by atoms with Gasteiger partial charge in [-0.3, -0.25) is 9.69 Å². The molecular weight excluding hydrogens is 298 g/mol. The largest absolute Gasteiger partial charge is 0.340 e. The summed E-state index contributed by atoms with van der Waals surface area (Å²) < 4.78 is 0. The van der Waals surface area contributed by atoms with Crippen molar-refractivity contribution in [1.82, 2.24) is 15.1 Å². The van der Waals surface area contributed by atoms with Gasteiger partial charge in [0.05, 0.1) is 0 Å². The molecule has 0 bridgehead atoms. The van der Waals surface area contributed by atoms with Crippen molar-refractivity contribution in [3.05, 3.63) is 35.9 Å². The van der Waals surface area contributed by atoms with E-state index < -0.39 is 0 Å². The number of piperidine rings is 1. The van der Waals surface area contributed by atoms with E-state index in [2.05, 4.69) is 39.4 Å². The van der Waals surface area contributed by atoms with Crippen molar-refractivity contribution in [3.63, 3.8) is 0 Å². The SMILES string of the molecule is O=C(CCCc1ccccc1)N1CCN(CC2CCNCC2)CC1. The van der Waals surface area contributed by atoms with Crippen LogP contribution in [0.25, 0.3) is 0 Å². The van der Waals surface area contributed by atoms with Crippen molar-refractivity contribution >= 4 is 5.91 Å². The molecule has 132 valence electrons. The van der Waals surface area contributed by atoms with Gasteiger partial charge in [0.2, 0.25) is 5.91 Å². The lowest BCUT2D eigenvalue weighted by molar-refractivity contribution is -0.133. The standard InChI is InChI=1S/C20H31N3O/c24-20(8-4-7-18-5-2-1-3-6-18)23-15-13-22(14-16-23)17-19-9-11-21-12-10-19/h1-3,5-6,19,21H,4,7-17H2. The van der Waals surface area contributed by atoms with E-state index in [1.165, 1.54) is 38.0 Å². The number of piperazine rings is 1. The Bertz CT molecular complexity index is 491. The molecule has 2 saturated heterocycles. The molecule has 0 aliphatic carbocycles. The molecule has 24 heavy (non-hydrogen) atoms. The summed E-state index contributed by atoms with van der Waals surface area (Å²) in [6, 6.07) is 10.5. The van der Waals surface area contributed by atoms with Crippen LogP contribution in [-0.2, 0) is 11.2 Å². The van der Waals surface area contributed by atoms with Crippen molar-refractivity contribution in [3.8, 4) is 0 Å². The average molecular weight is 329 g/mol. The molecule has 2 aliphatic rings. The second kappa shape index (κ2) is 9.19. The molecule has 2 aliphatic heterocycles. The number of aryl methyl sites for hydroxylation is 1. The molecule has 4 nitrogen and oxygen atoms in total. The fourth-order valence-corrected chi connectivity index (χ4v) is 3.86. The minimum atomic E-state index is 0.340. The van der Waals surface area contributed by atoms with E-state index in [1.54, 1.807) is 0 Å². The maximum Gasteiger partial charge on any atom is 0.222 e. The Hall–Kier alpha value is -1.39. The summed E-state index contributed by atoms with van der Waals surface area (Å²) in [5, 5.41) is 3.43. The van der Waals surface area contributed by atoms with Gasteiger partial charge in [0.1, 0.15) is 0 Å². The number of benzene rings is 1. The number of carbonyl (C=O) groups is 1. The van der Waals surface area contributed by atoms with Gasteiger partial charge in [0.25, 0.3) is 0 Å². The van der Waals surface area contributed by atoms with Crippen LogP contribution >= 0.6 is 0 Å². The lowest BCUT2D eigenvalue weighted by atomic mass is 9.97. The van der Waals surface area contributed by atoms with Crippen LogP contribution in [0.5, 0.6) is 0 Å². The van der Waals surface area contributed by atoms with Crippen LogP contribution < -0.4 is 5.32 Å². The van der Waals surface area contributed by atoms with Crippen molar-refractivity contribution in [2.45, 2.75) is 32.1 Å². The molecule has 0 radical (unpaired) electrons. The predicted octanol–water partition coefficient (Wildman–Crippen LogP) is 2.15. The highest BCUT2D eigenvalue weighted by molar-refractivity contribution is 5.76. The van der Waals surface area contributed by atoms with Gasteiger partial charge in [-0.1, -0.05) is 30.3 Å². The molecule has 0 spiro atoms. The zero-order valence-electron chi connectivity index (χ0n) is 14.8. The van der Waals surface area contributed by atoms with Gasteiger partial charge >= 0.3 is 0 Å². The zero-order chi connectivity index (χ0) is 16.6. The topological polar surface area (TPSA) is 35.6 Å². The Kier molecular flexibility index (Phi) is 6.67. The maximum absolute atomic E-state index is 12.4. The van der Waals surface area contributed by atoms with Gasteiger partial charge in [0.15, 0.2) is 0 Å². The van der Waals surface area contributed by atoms with Crippen molar-refractivity contribution in [2.24, 2.45) is 5.92 Å². The van der Waals surface area contributed by atoms with Crippen LogP contribution in [0, 0.1) is 5.92 Å². The number of nitrogens with zero attached hydrogens (tertiary/aromatic N) is 2. The molecule has 0 saturated carbocycles. The van der Waals surface area contributed by atoms with E-state index >= 15 is 0 Å². The van der Waals surface area contributed by atoms with Gasteiger partial charge in [-0.2, -0.15) is 0 Å². The highest BCUT2D eigenvalue weighted by atomic mass is 16.2. The van der Waals surface area contributed by atoms with Crippen LogP contribution in [0.4, 0.5) is 0 Å². The van der Waals surface area contributed by atoms with Crippen molar-refractivity contribution in [2.75, 3.05) is 45.8 Å². The van der Waals surface area contributed by atoms with Crippen LogP contribution in [0.3, 0.4) is 0 Å². The van der Waals surface area contributed by atoms with E-state index in [0.29, 0.717) is 12.3 Å². The number of amides is 1. The summed E-state index contributed by atoms with van der Waals surface area (Å²) in [6.07, 6.45) is 5.25. The number of carbonyl (C=O) groups excluding carboxylic acids is 1. The smallest absolute Gasteiger partial charge is 0.222 e. The Balaban J connectivity index is 1.32. The molecule has 1 aromatic carbocycles. The van der Waals surface area contributed by atoms with E-state index in [1.807, 2.05) is 6.07 Å². The highest BCUT2D eigenvalue weighted by Crippen LogP contribution is 2.15. The lowest BCUT2D eigenvalue weighted by Crippen LogP contribution is -2.50. The number of nitrogens with one attached hydrogen (secondary N) is 1. The third-order valence-corrected chi connectivity index (χ3v) is 5.40. The van der Waals surface area contributed by atoms with Crippen molar-refractivity contribution in [1.29, 1.82) is 0 Å². The Morgan fingerprint density at radius 2 is 1.75 bits per heavy atom. The molecule has 1 aromatic rings. The van der Waals surface area contributed by atoms with Crippen LogP contribution in [0.1, 0.15) is 31.2 Å². The summed E-state index contributed by atoms with van der Waals surface area (Å²) in [5.41, 5.74) is 1.33. The average Bonchev–Trinajstić information content (AvgIpc) is 2.64. The second-order valence-electron chi connectivity index (χ2n) is 7.21. The molecule has 0 aromatic heterocycles. The molecule has 0 unspecified atom stereocenters. The van der Waals surface area contributed by atoms with E-state index in [-0.39, 0.29) is 0 Å². The quantitative estimate of drug-likeness (QED) is 0.869. The molecule has 0 atom stereocenters. The summed E-state index contributed by atoms with van der Waals surface area (Å²) >= 11 is 0. The summed E-state index contributed by atoms with van der Waals surface area (Å²) in [4.78, 5) is 17.0. The predicted molar refractivity (Wildman–Crippen MR) is 98.0 cm³/mol. The molecule has 1 amide bonds. The van der Waals surface area contributed by atoms with Crippen molar-refractivity contribution < 1.29 is 4.79 Å². The Morgan fingerprint density at radius 1 is 1.04 bits per heavy atom. The summed E-state index contributed by atoms with van der Waals surface area (Å²) in [5.74, 6) is 1.19. The lowest BCUT2D eigenvalue weighted by Gasteiger charge is -2.37. The van der Waals surface area contributed by atoms with Gasteiger partial charge in [-0.05, 0) is 50.3 Å². The van der Waals surface area contributed by atoms with Gasteiger partial charge in [0, 0.05) is 39.1 Å². The fraction of sp³-hybridized carbons (Fsp3) is 0.650. The minimum absolute atomic E-state index is 0.340. The summed E-state index contributed by atoms with van der Waals surface area (Å²) in [6.45, 7) is 7.49. The fourth-order valence-electron chi connectivity index (χ4n) is 3.86. The number of hydrogen-bond acceptors (Lipinski definition) is 3. The molecule has 4 heteroatoms. The van der Waals surface area contributed by atoms with Crippen LogP contribution in [-0.4, -0.2) is 61.5 Å². The maximum atomic E-state index is 12.4. The third kappa shape index (κ3) is 5.32. The third-order valence-electron chi connectivity index (χ3n) is 5.40. The minimum Gasteiger partial charge on any atom is -0.340 e.